The van der Waals surface area contributed by atoms with Crippen molar-refractivity contribution in [3.05, 3.63) is 82.9 Å². The first kappa shape index (κ1) is 18.0. The van der Waals surface area contributed by atoms with Crippen LogP contribution >= 0.6 is 23.2 Å². The first-order valence-electron chi connectivity index (χ1n) is 7.57. The predicted octanol–water partition coefficient (Wildman–Crippen LogP) is 5.21. The molecule has 0 aliphatic carbocycles. The van der Waals surface area contributed by atoms with E-state index in [0.29, 0.717) is 5.75 Å². The van der Waals surface area contributed by atoms with Crippen molar-refractivity contribution < 1.29 is 19.1 Å². The van der Waals surface area contributed by atoms with Gasteiger partial charge in [-0.25, -0.2) is 9.59 Å². The van der Waals surface area contributed by atoms with E-state index in [0.717, 1.165) is 22.9 Å². The molecule has 6 heteroatoms. The Morgan fingerprint density at radius 1 is 0.769 bits per heavy atom. The van der Waals surface area contributed by atoms with Crippen LogP contribution in [0, 0.1) is 0 Å². The molecule has 0 radical (unpaired) electrons. The van der Waals surface area contributed by atoms with Crippen molar-refractivity contribution >= 4 is 45.9 Å². The number of hydrogen-bond donors (Lipinski definition) is 0. The van der Waals surface area contributed by atoms with Gasteiger partial charge in [0.25, 0.3) is 0 Å². The van der Waals surface area contributed by atoms with E-state index in [1.165, 1.54) is 6.07 Å². The van der Waals surface area contributed by atoms with Crippen LogP contribution in [-0.4, -0.2) is 11.9 Å². The molecule has 0 fully saturated rings. The standard InChI is InChI=1S/C20H12Cl2O4/c21-16-6-3-7-17(20(16)22)26-19(24)11-10-18(23)25-15-9-8-13-4-1-2-5-14(13)12-15/h1-12H/b11-10+. The minimum absolute atomic E-state index is 0.108. The number of carbonyl (C=O) groups excluding carboxylic acids is 2. The summed E-state index contributed by atoms with van der Waals surface area (Å²) in [6.45, 7) is 0. The number of rotatable bonds is 4. The summed E-state index contributed by atoms with van der Waals surface area (Å²) in [6.07, 6.45) is 1.94. The number of halogens is 2. The summed E-state index contributed by atoms with van der Waals surface area (Å²) in [6, 6.07) is 17.6. The van der Waals surface area contributed by atoms with Gasteiger partial charge >= 0.3 is 11.9 Å². The third-order valence-electron chi connectivity index (χ3n) is 3.42. The Morgan fingerprint density at radius 3 is 2.23 bits per heavy atom. The normalized spacial score (nSPS) is 10.8. The minimum Gasteiger partial charge on any atom is -0.423 e. The maximum atomic E-state index is 11.9. The van der Waals surface area contributed by atoms with E-state index in [2.05, 4.69) is 0 Å². The topological polar surface area (TPSA) is 52.6 Å². The van der Waals surface area contributed by atoms with Crippen LogP contribution in [0.2, 0.25) is 10.0 Å². The first-order chi connectivity index (χ1) is 12.5. The Labute approximate surface area is 159 Å². The zero-order valence-corrected chi connectivity index (χ0v) is 14.8. The van der Waals surface area contributed by atoms with Gasteiger partial charge in [0.05, 0.1) is 5.02 Å². The molecule has 0 bridgehead atoms. The van der Waals surface area contributed by atoms with E-state index in [9.17, 15) is 9.59 Å². The van der Waals surface area contributed by atoms with Crippen molar-refractivity contribution in [2.75, 3.05) is 0 Å². The maximum absolute atomic E-state index is 11.9. The highest BCUT2D eigenvalue weighted by molar-refractivity contribution is 6.43. The molecule has 0 saturated carbocycles. The number of fused-ring (bicyclic) bond motifs is 1. The van der Waals surface area contributed by atoms with Crippen LogP contribution in [-0.2, 0) is 9.59 Å². The summed E-state index contributed by atoms with van der Waals surface area (Å²) in [5.41, 5.74) is 0. The van der Waals surface area contributed by atoms with Crippen molar-refractivity contribution in [2.24, 2.45) is 0 Å². The summed E-state index contributed by atoms with van der Waals surface area (Å²) in [5.74, 6) is -0.986. The first-order valence-corrected chi connectivity index (χ1v) is 8.33. The lowest BCUT2D eigenvalue weighted by molar-refractivity contribution is -0.131. The summed E-state index contributed by atoms with van der Waals surface area (Å²) >= 11 is 11.8. The average Bonchev–Trinajstić information content (AvgIpc) is 2.64. The molecule has 0 aromatic heterocycles. The average molecular weight is 387 g/mol. The van der Waals surface area contributed by atoms with Gasteiger partial charge in [-0.05, 0) is 35.0 Å². The SMILES string of the molecule is O=C(/C=C/C(=O)Oc1cccc(Cl)c1Cl)Oc1ccc2ccccc2c1. The van der Waals surface area contributed by atoms with Crippen LogP contribution < -0.4 is 9.47 Å². The van der Waals surface area contributed by atoms with E-state index in [1.54, 1.807) is 24.3 Å². The van der Waals surface area contributed by atoms with Crippen molar-refractivity contribution in [2.45, 2.75) is 0 Å². The zero-order chi connectivity index (χ0) is 18.5. The van der Waals surface area contributed by atoms with E-state index in [-0.39, 0.29) is 15.8 Å². The molecule has 3 aromatic rings. The Bertz CT molecular complexity index is 1010. The number of hydrogen-bond acceptors (Lipinski definition) is 4. The van der Waals surface area contributed by atoms with Crippen molar-refractivity contribution in [1.82, 2.24) is 0 Å². The van der Waals surface area contributed by atoms with Crippen LogP contribution in [0.15, 0.2) is 72.8 Å². The molecular weight excluding hydrogens is 375 g/mol. The zero-order valence-electron chi connectivity index (χ0n) is 13.3. The van der Waals surface area contributed by atoms with Crippen LogP contribution in [0.4, 0.5) is 0 Å². The molecule has 0 atom stereocenters. The lowest BCUT2D eigenvalue weighted by Crippen LogP contribution is -2.08. The lowest BCUT2D eigenvalue weighted by atomic mass is 10.1. The molecule has 26 heavy (non-hydrogen) atoms. The molecule has 3 aromatic carbocycles. The molecule has 0 unspecified atom stereocenters. The highest BCUT2D eigenvalue weighted by Crippen LogP contribution is 2.31. The molecule has 0 amide bonds. The van der Waals surface area contributed by atoms with Gasteiger partial charge in [0, 0.05) is 12.2 Å². The van der Waals surface area contributed by atoms with Gasteiger partial charge < -0.3 is 9.47 Å². The molecule has 0 spiro atoms. The van der Waals surface area contributed by atoms with E-state index in [1.807, 2.05) is 30.3 Å². The molecular formula is C20H12Cl2O4. The largest absolute Gasteiger partial charge is 0.423 e. The Morgan fingerprint density at radius 2 is 1.46 bits per heavy atom. The van der Waals surface area contributed by atoms with Gasteiger partial charge in [0.1, 0.15) is 10.8 Å². The van der Waals surface area contributed by atoms with Crippen LogP contribution in [0.1, 0.15) is 0 Å². The molecule has 0 aliphatic heterocycles. The molecule has 4 nitrogen and oxygen atoms in total. The summed E-state index contributed by atoms with van der Waals surface area (Å²) in [5, 5.41) is 2.35. The summed E-state index contributed by atoms with van der Waals surface area (Å²) in [4.78, 5) is 23.7. The second-order valence-corrected chi connectivity index (χ2v) is 6.02. The van der Waals surface area contributed by atoms with Gasteiger partial charge in [0.15, 0.2) is 5.75 Å². The fourth-order valence-corrected chi connectivity index (χ4v) is 2.55. The maximum Gasteiger partial charge on any atom is 0.336 e. The van der Waals surface area contributed by atoms with Crippen LogP contribution in [0.25, 0.3) is 10.8 Å². The number of esters is 2. The Hall–Kier alpha value is -2.82. The molecule has 0 saturated heterocycles. The van der Waals surface area contributed by atoms with Gasteiger partial charge in [-0.2, -0.15) is 0 Å². The third kappa shape index (κ3) is 4.42. The molecule has 0 heterocycles. The molecule has 130 valence electrons. The lowest BCUT2D eigenvalue weighted by Gasteiger charge is -2.05. The number of carbonyl (C=O) groups is 2. The molecule has 0 N–H and O–H groups in total. The Kier molecular flexibility index (Phi) is 5.56. The minimum atomic E-state index is -0.773. The summed E-state index contributed by atoms with van der Waals surface area (Å²) < 4.78 is 10.2. The van der Waals surface area contributed by atoms with E-state index < -0.39 is 11.9 Å². The predicted molar refractivity (Wildman–Crippen MR) is 101 cm³/mol. The third-order valence-corrected chi connectivity index (χ3v) is 4.22. The monoisotopic (exact) mass is 386 g/mol. The number of ether oxygens (including phenoxy) is 2. The van der Waals surface area contributed by atoms with Gasteiger partial charge in [0.2, 0.25) is 0 Å². The second-order valence-electron chi connectivity index (χ2n) is 5.24. The number of benzene rings is 3. The quantitative estimate of drug-likeness (QED) is 0.350. The summed E-state index contributed by atoms with van der Waals surface area (Å²) in [7, 11) is 0. The van der Waals surface area contributed by atoms with Gasteiger partial charge in [-0.3, -0.25) is 0 Å². The molecule has 3 rings (SSSR count). The van der Waals surface area contributed by atoms with E-state index >= 15 is 0 Å². The Balaban J connectivity index is 1.63. The highest BCUT2D eigenvalue weighted by atomic mass is 35.5. The molecule has 0 aliphatic rings. The van der Waals surface area contributed by atoms with Crippen molar-refractivity contribution in [3.63, 3.8) is 0 Å². The van der Waals surface area contributed by atoms with Gasteiger partial charge in [-0.1, -0.05) is 59.6 Å². The smallest absolute Gasteiger partial charge is 0.336 e. The van der Waals surface area contributed by atoms with Crippen LogP contribution in [0.5, 0.6) is 11.5 Å². The fourth-order valence-electron chi connectivity index (χ4n) is 2.22. The van der Waals surface area contributed by atoms with Crippen LogP contribution in [0.3, 0.4) is 0 Å². The fraction of sp³-hybridized carbons (Fsp3) is 0. The van der Waals surface area contributed by atoms with Gasteiger partial charge in [-0.15, -0.1) is 0 Å². The second kappa shape index (κ2) is 8.04. The highest BCUT2D eigenvalue weighted by Gasteiger charge is 2.09. The van der Waals surface area contributed by atoms with Crippen molar-refractivity contribution in [1.29, 1.82) is 0 Å². The van der Waals surface area contributed by atoms with E-state index in [4.69, 9.17) is 32.7 Å². The van der Waals surface area contributed by atoms with Crippen molar-refractivity contribution in [3.8, 4) is 11.5 Å².